The molecule has 0 unspecified atom stereocenters. The van der Waals surface area contributed by atoms with Crippen molar-refractivity contribution >= 4 is 21.8 Å². The molecule has 0 aliphatic carbocycles. The number of anilines is 2. The number of ether oxygens (including phenoxy) is 1. The molecule has 2 aliphatic rings. The molecule has 0 aromatic carbocycles. The quantitative estimate of drug-likeness (QED) is 0.601. The van der Waals surface area contributed by atoms with Crippen molar-refractivity contribution < 1.29 is 13.2 Å². The van der Waals surface area contributed by atoms with Gasteiger partial charge in [0.05, 0.1) is 25.3 Å². The van der Waals surface area contributed by atoms with Crippen LogP contribution in [0.1, 0.15) is 25.3 Å². The second kappa shape index (κ2) is 9.95. The van der Waals surface area contributed by atoms with Crippen LogP contribution in [0.25, 0.3) is 0 Å². The van der Waals surface area contributed by atoms with Gasteiger partial charge in [-0.2, -0.15) is 4.31 Å². The fraction of sp³-hybridized carbons (Fsp3) is 0.619. The summed E-state index contributed by atoms with van der Waals surface area (Å²) in [6.07, 6.45) is 11.4. The van der Waals surface area contributed by atoms with Crippen molar-refractivity contribution in [2.24, 2.45) is 5.92 Å². The van der Waals surface area contributed by atoms with E-state index < -0.39 is 10.0 Å². The van der Waals surface area contributed by atoms with Crippen LogP contribution in [0.15, 0.2) is 24.8 Å². The standard InChI is InChI=1S/C21H31N7O3S/c1-3-17-12-24-21(25-13-17)27-6-4-18(5-7-27)16-31-20-15-22-19(14-23-20)26-8-10-28(11-9-26)32(2,29)30/h12-15,18H,3-11,16H2,1-2H3. The molecule has 0 atom stereocenters. The van der Waals surface area contributed by atoms with Gasteiger partial charge in [0.2, 0.25) is 21.9 Å². The maximum atomic E-state index is 11.6. The number of hydrogen-bond donors (Lipinski definition) is 0. The molecule has 2 aromatic heterocycles. The van der Waals surface area contributed by atoms with Crippen LogP contribution in [0.2, 0.25) is 0 Å². The number of piperazine rings is 1. The lowest BCUT2D eigenvalue weighted by molar-refractivity contribution is 0.215. The summed E-state index contributed by atoms with van der Waals surface area (Å²) in [5.74, 6) is 2.53. The van der Waals surface area contributed by atoms with Crippen molar-refractivity contribution in [3.8, 4) is 5.88 Å². The second-order valence-electron chi connectivity index (χ2n) is 8.35. The van der Waals surface area contributed by atoms with Gasteiger partial charge >= 0.3 is 0 Å². The van der Waals surface area contributed by atoms with Crippen LogP contribution in [0.3, 0.4) is 0 Å². The average molecular weight is 462 g/mol. The minimum atomic E-state index is -3.14. The topological polar surface area (TPSA) is 105 Å². The van der Waals surface area contributed by atoms with E-state index in [1.54, 1.807) is 12.4 Å². The van der Waals surface area contributed by atoms with E-state index in [-0.39, 0.29) is 0 Å². The number of sulfonamides is 1. The highest BCUT2D eigenvalue weighted by atomic mass is 32.2. The zero-order valence-electron chi connectivity index (χ0n) is 18.7. The van der Waals surface area contributed by atoms with E-state index in [9.17, 15) is 8.42 Å². The van der Waals surface area contributed by atoms with Crippen molar-refractivity contribution in [3.63, 3.8) is 0 Å². The van der Waals surface area contributed by atoms with Crippen molar-refractivity contribution in [2.75, 3.05) is 61.9 Å². The summed E-state index contributed by atoms with van der Waals surface area (Å²) in [6.45, 7) is 6.69. The summed E-state index contributed by atoms with van der Waals surface area (Å²) in [7, 11) is -3.14. The number of piperidine rings is 1. The van der Waals surface area contributed by atoms with E-state index in [1.165, 1.54) is 10.6 Å². The maximum Gasteiger partial charge on any atom is 0.232 e. The largest absolute Gasteiger partial charge is 0.476 e. The molecule has 0 bridgehead atoms. The molecule has 2 aromatic rings. The molecule has 0 amide bonds. The van der Waals surface area contributed by atoms with E-state index in [0.29, 0.717) is 44.6 Å². The number of aromatic nitrogens is 4. The first-order valence-electron chi connectivity index (χ1n) is 11.1. The van der Waals surface area contributed by atoms with Crippen LogP contribution in [0.5, 0.6) is 5.88 Å². The fourth-order valence-corrected chi connectivity index (χ4v) is 4.82. The molecule has 0 spiro atoms. The summed E-state index contributed by atoms with van der Waals surface area (Å²) in [5.41, 5.74) is 1.15. The van der Waals surface area contributed by atoms with Gasteiger partial charge in [-0.3, -0.25) is 0 Å². The van der Waals surface area contributed by atoms with Crippen LogP contribution in [-0.4, -0.2) is 84.8 Å². The Balaban J connectivity index is 1.21. The molecule has 0 saturated carbocycles. The molecule has 11 heteroatoms. The molecule has 10 nitrogen and oxygen atoms in total. The molecule has 0 radical (unpaired) electrons. The van der Waals surface area contributed by atoms with E-state index in [0.717, 1.165) is 49.7 Å². The Bertz CT molecular complexity index is 969. The lowest BCUT2D eigenvalue weighted by Gasteiger charge is -2.33. The van der Waals surface area contributed by atoms with E-state index >= 15 is 0 Å². The number of rotatable bonds is 7. The number of hydrogen-bond acceptors (Lipinski definition) is 9. The van der Waals surface area contributed by atoms with Gasteiger partial charge in [-0.1, -0.05) is 6.92 Å². The normalized spacial score (nSPS) is 18.7. The first kappa shape index (κ1) is 22.7. The summed E-state index contributed by atoms with van der Waals surface area (Å²) in [4.78, 5) is 22.1. The van der Waals surface area contributed by atoms with E-state index in [2.05, 4.69) is 31.8 Å². The predicted molar refractivity (Wildman–Crippen MR) is 123 cm³/mol. The molecule has 2 fully saturated rings. The molecule has 2 saturated heterocycles. The molecule has 0 N–H and O–H groups in total. The average Bonchev–Trinajstić information content (AvgIpc) is 2.83. The first-order chi connectivity index (χ1) is 15.4. The Morgan fingerprint density at radius 3 is 2.16 bits per heavy atom. The molecule has 2 aliphatic heterocycles. The third-order valence-electron chi connectivity index (χ3n) is 6.11. The van der Waals surface area contributed by atoms with E-state index in [4.69, 9.17) is 4.74 Å². The van der Waals surface area contributed by atoms with Gasteiger partial charge < -0.3 is 14.5 Å². The summed E-state index contributed by atoms with van der Waals surface area (Å²) < 4.78 is 30.7. The van der Waals surface area contributed by atoms with Crippen LogP contribution in [-0.2, 0) is 16.4 Å². The third-order valence-corrected chi connectivity index (χ3v) is 7.41. The lowest BCUT2D eigenvalue weighted by Crippen LogP contribution is -2.48. The Kier molecular flexibility index (Phi) is 7.04. The molecule has 174 valence electrons. The number of nitrogens with zero attached hydrogens (tertiary/aromatic N) is 7. The molecular formula is C21H31N7O3S. The molecule has 4 heterocycles. The zero-order valence-corrected chi connectivity index (χ0v) is 19.5. The van der Waals surface area contributed by atoms with Crippen molar-refractivity contribution in [1.82, 2.24) is 24.2 Å². The lowest BCUT2D eigenvalue weighted by atomic mass is 9.98. The molecule has 4 rings (SSSR count). The van der Waals surface area contributed by atoms with Gasteiger partial charge in [-0.05, 0) is 30.7 Å². The third kappa shape index (κ3) is 5.63. The maximum absolute atomic E-state index is 11.6. The Morgan fingerprint density at radius 2 is 1.59 bits per heavy atom. The van der Waals surface area contributed by atoms with Crippen molar-refractivity contribution in [2.45, 2.75) is 26.2 Å². The molecule has 32 heavy (non-hydrogen) atoms. The Labute approximate surface area is 189 Å². The van der Waals surface area contributed by atoms with Crippen LogP contribution in [0, 0.1) is 5.92 Å². The van der Waals surface area contributed by atoms with E-state index in [1.807, 2.05) is 17.3 Å². The first-order valence-corrected chi connectivity index (χ1v) is 13.0. The van der Waals surface area contributed by atoms with Crippen molar-refractivity contribution in [1.29, 1.82) is 0 Å². The smallest absolute Gasteiger partial charge is 0.232 e. The van der Waals surface area contributed by atoms with Crippen molar-refractivity contribution in [3.05, 3.63) is 30.4 Å². The SMILES string of the molecule is CCc1cnc(N2CCC(COc3cnc(N4CCN(S(C)(=O)=O)CC4)cn3)CC2)nc1. The minimum absolute atomic E-state index is 0.464. The highest BCUT2D eigenvalue weighted by Gasteiger charge is 2.24. The second-order valence-corrected chi connectivity index (χ2v) is 10.3. The molecular weight excluding hydrogens is 430 g/mol. The van der Waals surface area contributed by atoms with Gasteiger partial charge in [0, 0.05) is 51.7 Å². The highest BCUT2D eigenvalue weighted by Crippen LogP contribution is 2.22. The zero-order chi connectivity index (χ0) is 22.6. The van der Waals surface area contributed by atoms with Crippen LogP contribution in [0.4, 0.5) is 11.8 Å². The highest BCUT2D eigenvalue weighted by molar-refractivity contribution is 7.88. The summed E-state index contributed by atoms with van der Waals surface area (Å²) in [6, 6.07) is 0. The number of aryl methyl sites for hydroxylation is 1. The van der Waals surface area contributed by atoms with Gasteiger partial charge in [-0.25, -0.2) is 28.4 Å². The van der Waals surface area contributed by atoms with Gasteiger partial charge in [0.25, 0.3) is 0 Å². The monoisotopic (exact) mass is 461 g/mol. The fourth-order valence-electron chi connectivity index (χ4n) is 3.99. The van der Waals surface area contributed by atoms with Gasteiger partial charge in [0.1, 0.15) is 5.82 Å². The predicted octanol–water partition coefficient (Wildman–Crippen LogP) is 1.21. The van der Waals surface area contributed by atoms with Crippen LogP contribution < -0.4 is 14.5 Å². The van der Waals surface area contributed by atoms with Crippen LogP contribution >= 0.6 is 0 Å². The summed E-state index contributed by atoms with van der Waals surface area (Å²) in [5, 5.41) is 0. The Morgan fingerprint density at radius 1 is 0.906 bits per heavy atom. The Hall–Kier alpha value is -2.53. The minimum Gasteiger partial charge on any atom is -0.476 e. The summed E-state index contributed by atoms with van der Waals surface area (Å²) >= 11 is 0. The van der Waals surface area contributed by atoms with Gasteiger partial charge in [0.15, 0.2) is 0 Å². The van der Waals surface area contributed by atoms with Gasteiger partial charge in [-0.15, -0.1) is 0 Å².